The van der Waals surface area contributed by atoms with Crippen LogP contribution in [0.1, 0.15) is 50.4 Å². The first-order valence-corrected chi connectivity index (χ1v) is 11.1. The van der Waals surface area contributed by atoms with Gasteiger partial charge in [-0.05, 0) is 50.7 Å². The van der Waals surface area contributed by atoms with Crippen LogP contribution in [-0.2, 0) is 24.9 Å². The Morgan fingerprint density at radius 3 is 2.77 bits per heavy atom. The molecule has 0 amide bonds. The highest BCUT2D eigenvalue weighted by Crippen LogP contribution is 2.49. The summed E-state index contributed by atoms with van der Waals surface area (Å²) in [5, 5.41) is 11.1. The van der Waals surface area contributed by atoms with Gasteiger partial charge in [0.05, 0.1) is 6.54 Å². The molecule has 7 nitrogen and oxygen atoms in total. The molecular formula is C22H32FIN6O. The van der Waals surface area contributed by atoms with Crippen molar-refractivity contribution < 1.29 is 4.39 Å². The lowest BCUT2D eigenvalue weighted by atomic mass is 9.95. The normalized spacial score (nSPS) is 16.9. The zero-order valence-electron chi connectivity index (χ0n) is 18.1. The Kier molecular flexibility index (Phi) is 8.12. The quantitative estimate of drug-likeness (QED) is 0.233. The maximum Gasteiger partial charge on any atom is 0.345 e. The second kappa shape index (κ2) is 10.6. The Hall–Kier alpha value is -1.91. The average Bonchev–Trinajstić information content (AvgIpc) is 3.48. The fourth-order valence-corrected chi connectivity index (χ4v) is 4.16. The van der Waals surface area contributed by atoms with Crippen LogP contribution in [0.2, 0.25) is 0 Å². The van der Waals surface area contributed by atoms with Crippen molar-refractivity contribution in [2.24, 2.45) is 4.99 Å². The van der Waals surface area contributed by atoms with Crippen LogP contribution in [0, 0.1) is 5.82 Å². The van der Waals surface area contributed by atoms with Gasteiger partial charge in [-0.2, -0.15) is 5.10 Å². The molecule has 0 atom stereocenters. The molecule has 1 saturated carbocycles. The molecule has 4 rings (SSSR count). The van der Waals surface area contributed by atoms with Gasteiger partial charge in [0, 0.05) is 38.0 Å². The summed E-state index contributed by atoms with van der Waals surface area (Å²) in [5.74, 6) is 1.50. The number of hydrogen-bond acceptors (Lipinski definition) is 3. The Labute approximate surface area is 199 Å². The fraction of sp³-hybridized carbons (Fsp3) is 0.591. The minimum absolute atomic E-state index is 0. The zero-order valence-corrected chi connectivity index (χ0v) is 20.4. The number of aryl methyl sites for hydroxylation is 2. The summed E-state index contributed by atoms with van der Waals surface area (Å²) in [4.78, 5) is 17.1. The molecule has 1 aromatic carbocycles. The topological polar surface area (TPSA) is 76.2 Å². The zero-order chi connectivity index (χ0) is 21.0. The second-order valence-electron chi connectivity index (χ2n) is 8.27. The van der Waals surface area contributed by atoms with Crippen molar-refractivity contribution in [2.45, 2.75) is 64.0 Å². The van der Waals surface area contributed by atoms with Gasteiger partial charge in [-0.1, -0.05) is 18.2 Å². The van der Waals surface area contributed by atoms with E-state index in [9.17, 15) is 9.18 Å². The summed E-state index contributed by atoms with van der Waals surface area (Å²) in [6.45, 7) is 5.41. The average molecular weight is 542 g/mol. The predicted octanol–water partition coefficient (Wildman–Crippen LogP) is 2.82. The third-order valence-corrected chi connectivity index (χ3v) is 6.05. The number of nitrogens with zero attached hydrogens (tertiary/aromatic N) is 4. The summed E-state index contributed by atoms with van der Waals surface area (Å²) in [5.41, 5.74) is 0.606. The highest BCUT2D eigenvalue weighted by Gasteiger charge is 2.45. The highest BCUT2D eigenvalue weighted by atomic mass is 127. The van der Waals surface area contributed by atoms with Gasteiger partial charge < -0.3 is 10.6 Å². The molecule has 1 aliphatic carbocycles. The Morgan fingerprint density at radius 2 is 2.06 bits per heavy atom. The summed E-state index contributed by atoms with van der Waals surface area (Å²) >= 11 is 0. The van der Waals surface area contributed by atoms with Gasteiger partial charge in [0.15, 0.2) is 5.96 Å². The monoisotopic (exact) mass is 542 g/mol. The standard InChI is InChI=1S/C22H31FN6O.HI/c1-2-24-20(26-16-22(11-12-22)17-8-3-4-9-18(17)23)25-13-7-15-29-21(30)28-14-6-5-10-19(28)27-29;/h3-4,8-9H,2,5-7,10-16H2,1H3,(H2,24,25,26);1H. The van der Waals surface area contributed by atoms with Crippen LogP contribution in [0.3, 0.4) is 0 Å². The molecule has 1 aliphatic heterocycles. The number of aliphatic imine (C=N–C) groups is 1. The molecule has 0 saturated heterocycles. The summed E-state index contributed by atoms with van der Waals surface area (Å²) in [7, 11) is 0. The predicted molar refractivity (Wildman–Crippen MR) is 131 cm³/mol. The van der Waals surface area contributed by atoms with E-state index in [0.29, 0.717) is 19.6 Å². The first kappa shape index (κ1) is 23.7. The van der Waals surface area contributed by atoms with E-state index >= 15 is 0 Å². The number of benzene rings is 1. The van der Waals surface area contributed by atoms with Crippen molar-refractivity contribution in [1.82, 2.24) is 25.0 Å². The lowest BCUT2D eigenvalue weighted by Gasteiger charge is -2.16. The SMILES string of the molecule is CCNC(=NCC1(c2ccccc2F)CC1)NCCCn1nc2n(c1=O)CCCC2.I. The lowest BCUT2D eigenvalue weighted by molar-refractivity contribution is 0.509. The molecule has 0 bridgehead atoms. The van der Waals surface area contributed by atoms with Gasteiger partial charge in [-0.25, -0.2) is 13.9 Å². The van der Waals surface area contributed by atoms with E-state index < -0.39 is 0 Å². The molecule has 1 fully saturated rings. The van der Waals surface area contributed by atoms with Crippen LogP contribution in [0.25, 0.3) is 0 Å². The van der Waals surface area contributed by atoms with Crippen molar-refractivity contribution in [3.05, 3.63) is 52.0 Å². The fourth-order valence-electron chi connectivity index (χ4n) is 4.16. The molecule has 2 N–H and O–H groups in total. The van der Waals surface area contributed by atoms with Crippen molar-refractivity contribution in [3.8, 4) is 0 Å². The van der Waals surface area contributed by atoms with Crippen LogP contribution in [-0.4, -0.2) is 39.9 Å². The minimum atomic E-state index is -0.170. The van der Waals surface area contributed by atoms with Gasteiger partial charge in [-0.15, -0.1) is 24.0 Å². The van der Waals surface area contributed by atoms with Crippen LogP contribution in [0.4, 0.5) is 4.39 Å². The van der Waals surface area contributed by atoms with E-state index in [4.69, 9.17) is 4.99 Å². The van der Waals surface area contributed by atoms with Gasteiger partial charge in [0.2, 0.25) is 0 Å². The largest absolute Gasteiger partial charge is 0.357 e. The highest BCUT2D eigenvalue weighted by molar-refractivity contribution is 14.0. The van der Waals surface area contributed by atoms with Gasteiger partial charge in [0.25, 0.3) is 0 Å². The second-order valence-corrected chi connectivity index (χ2v) is 8.27. The molecule has 2 aliphatic rings. The molecule has 0 radical (unpaired) electrons. The smallest absolute Gasteiger partial charge is 0.345 e. The van der Waals surface area contributed by atoms with E-state index in [2.05, 4.69) is 15.7 Å². The number of hydrogen-bond donors (Lipinski definition) is 2. The third kappa shape index (κ3) is 5.48. The molecule has 31 heavy (non-hydrogen) atoms. The number of guanidine groups is 1. The molecular weight excluding hydrogens is 510 g/mol. The Balaban J connectivity index is 0.00000272. The van der Waals surface area contributed by atoms with Crippen LogP contribution in [0.5, 0.6) is 0 Å². The van der Waals surface area contributed by atoms with Crippen molar-refractivity contribution in [2.75, 3.05) is 19.6 Å². The van der Waals surface area contributed by atoms with Crippen LogP contribution < -0.4 is 16.3 Å². The maximum absolute atomic E-state index is 14.2. The van der Waals surface area contributed by atoms with E-state index in [0.717, 1.165) is 69.0 Å². The van der Waals surface area contributed by atoms with Crippen LogP contribution in [0.15, 0.2) is 34.1 Å². The number of rotatable bonds is 8. The van der Waals surface area contributed by atoms with Crippen molar-refractivity contribution >= 4 is 29.9 Å². The van der Waals surface area contributed by atoms with Gasteiger partial charge >= 0.3 is 5.69 Å². The Morgan fingerprint density at radius 1 is 1.26 bits per heavy atom. The van der Waals surface area contributed by atoms with Crippen LogP contribution >= 0.6 is 24.0 Å². The minimum Gasteiger partial charge on any atom is -0.357 e. The summed E-state index contributed by atoms with van der Waals surface area (Å²) in [6.07, 6.45) is 5.75. The van der Waals surface area contributed by atoms with E-state index in [-0.39, 0.29) is 40.9 Å². The first-order chi connectivity index (χ1) is 14.6. The number of fused-ring (bicyclic) bond motifs is 1. The summed E-state index contributed by atoms with van der Waals surface area (Å²) in [6, 6.07) is 7.02. The molecule has 9 heteroatoms. The summed E-state index contributed by atoms with van der Waals surface area (Å²) < 4.78 is 17.6. The van der Waals surface area contributed by atoms with Gasteiger partial charge in [0.1, 0.15) is 11.6 Å². The molecule has 2 aromatic rings. The number of nitrogens with one attached hydrogen (secondary N) is 2. The molecule has 2 heterocycles. The van der Waals surface area contributed by atoms with E-state index in [1.54, 1.807) is 15.3 Å². The number of aromatic nitrogens is 3. The van der Waals surface area contributed by atoms with Crippen molar-refractivity contribution in [3.63, 3.8) is 0 Å². The lowest BCUT2D eigenvalue weighted by Crippen LogP contribution is -2.39. The molecule has 1 aromatic heterocycles. The number of halogens is 2. The molecule has 0 spiro atoms. The van der Waals surface area contributed by atoms with Gasteiger partial charge in [-0.3, -0.25) is 9.56 Å². The maximum atomic E-state index is 14.2. The molecule has 170 valence electrons. The first-order valence-electron chi connectivity index (χ1n) is 11.1. The van der Waals surface area contributed by atoms with Crippen molar-refractivity contribution in [1.29, 1.82) is 0 Å². The van der Waals surface area contributed by atoms with E-state index in [1.165, 1.54) is 6.07 Å². The Bertz CT molecular complexity index is 965. The van der Waals surface area contributed by atoms with E-state index in [1.807, 2.05) is 19.1 Å². The third-order valence-electron chi connectivity index (χ3n) is 6.05. The molecule has 0 unspecified atom stereocenters.